The first-order valence-corrected chi connectivity index (χ1v) is 5.35. The number of phenolic OH excluding ortho intramolecular Hbond substituents is 1. The zero-order valence-electron chi connectivity index (χ0n) is 9.99. The van der Waals surface area contributed by atoms with Crippen LogP contribution in [0.3, 0.4) is 0 Å². The largest absolute Gasteiger partial charge is 0.505 e. The summed E-state index contributed by atoms with van der Waals surface area (Å²) in [5.41, 5.74) is -1.46. The molecule has 0 radical (unpaired) electrons. The number of aliphatic carboxylic acids is 1. The van der Waals surface area contributed by atoms with Crippen molar-refractivity contribution in [3.63, 3.8) is 0 Å². The summed E-state index contributed by atoms with van der Waals surface area (Å²) in [5.74, 6) is -2.61. The third-order valence-electron chi connectivity index (χ3n) is 3.23. The minimum Gasteiger partial charge on any atom is -0.505 e. The average molecular weight is 256 g/mol. The van der Waals surface area contributed by atoms with E-state index in [4.69, 9.17) is 9.47 Å². The number of carboxylic acid groups (broad SMARTS) is 1. The topological polar surface area (TPSA) is 76.0 Å². The number of rotatable bonds is 4. The third kappa shape index (κ3) is 1.56. The van der Waals surface area contributed by atoms with Gasteiger partial charge in [-0.15, -0.1) is 0 Å². The lowest BCUT2D eigenvalue weighted by Crippen LogP contribution is -2.22. The first-order valence-electron chi connectivity index (χ1n) is 5.35. The molecule has 0 saturated heterocycles. The molecule has 0 atom stereocenters. The van der Waals surface area contributed by atoms with Gasteiger partial charge in [0, 0.05) is 6.07 Å². The van der Waals surface area contributed by atoms with Crippen LogP contribution in [0.15, 0.2) is 6.07 Å². The molecular weight excluding hydrogens is 243 g/mol. The molecule has 5 nitrogen and oxygen atoms in total. The van der Waals surface area contributed by atoms with Crippen LogP contribution >= 0.6 is 0 Å². The Kier molecular flexibility index (Phi) is 2.80. The second-order valence-electron chi connectivity index (χ2n) is 4.21. The van der Waals surface area contributed by atoms with Gasteiger partial charge >= 0.3 is 5.97 Å². The quantitative estimate of drug-likeness (QED) is 0.856. The molecule has 0 aromatic heterocycles. The van der Waals surface area contributed by atoms with Crippen molar-refractivity contribution in [1.82, 2.24) is 0 Å². The maximum Gasteiger partial charge on any atom is 0.314 e. The van der Waals surface area contributed by atoms with Crippen LogP contribution in [0.2, 0.25) is 0 Å². The van der Waals surface area contributed by atoms with Gasteiger partial charge < -0.3 is 19.7 Å². The first-order chi connectivity index (χ1) is 8.47. The van der Waals surface area contributed by atoms with Crippen LogP contribution in [0.5, 0.6) is 17.2 Å². The molecule has 0 bridgehead atoms. The van der Waals surface area contributed by atoms with E-state index in [0.717, 1.165) is 6.07 Å². The van der Waals surface area contributed by atoms with Crippen molar-refractivity contribution in [2.75, 3.05) is 14.2 Å². The Hall–Kier alpha value is -1.98. The smallest absolute Gasteiger partial charge is 0.314 e. The number of halogens is 1. The molecule has 18 heavy (non-hydrogen) atoms. The van der Waals surface area contributed by atoms with Crippen molar-refractivity contribution < 1.29 is 28.9 Å². The summed E-state index contributed by atoms with van der Waals surface area (Å²) in [4.78, 5) is 11.3. The van der Waals surface area contributed by atoms with E-state index in [1.165, 1.54) is 14.2 Å². The van der Waals surface area contributed by atoms with E-state index in [-0.39, 0.29) is 17.1 Å². The minimum atomic E-state index is -1.32. The third-order valence-corrected chi connectivity index (χ3v) is 3.23. The van der Waals surface area contributed by atoms with Crippen molar-refractivity contribution in [3.8, 4) is 17.2 Å². The molecular formula is C12H13FO5. The summed E-state index contributed by atoms with van der Waals surface area (Å²) in [6, 6.07) is 1.07. The van der Waals surface area contributed by atoms with Crippen LogP contribution in [-0.2, 0) is 10.2 Å². The maximum absolute atomic E-state index is 14.0. The van der Waals surface area contributed by atoms with E-state index < -0.39 is 23.0 Å². The molecule has 2 rings (SSSR count). The standard InChI is InChI=1S/C12H13FO5/c1-17-7-5-6(14)9(13)8(10(7)18-2)12(3-4-12)11(15)16/h5,14H,3-4H2,1-2H3,(H,15,16). The highest BCUT2D eigenvalue weighted by Gasteiger charge is 2.56. The highest BCUT2D eigenvalue weighted by molar-refractivity contribution is 5.87. The van der Waals surface area contributed by atoms with Crippen molar-refractivity contribution >= 4 is 5.97 Å². The average Bonchev–Trinajstić information content (AvgIpc) is 3.12. The van der Waals surface area contributed by atoms with Crippen molar-refractivity contribution in [3.05, 3.63) is 17.4 Å². The van der Waals surface area contributed by atoms with Crippen molar-refractivity contribution in [2.45, 2.75) is 18.3 Å². The van der Waals surface area contributed by atoms with Gasteiger partial charge in [0.05, 0.1) is 25.2 Å². The number of hydrogen-bond donors (Lipinski definition) is 2. The van der Waals surface area contributed by atoms with Crippen LogP contribution in [-0.4, -0.2) is 30.4 Å². The van der Waals surface area contributed by atoms with E-state index in [1.807, 2.05) is 0 Å². The maximum atomic E-state index is 14.0. The van der Waals surface area contributed by atoms with E-state index in [2.05, 4.69) is 0 Å². The van der Waals surface area contributed by atoms with Gasteiger partial charge in [-0.3, -0.25) is 4.79 Å². The van der Waals surface area contributed by atoms with Gasteiger partial charge in [0.25, 0.3) is 0 Å². The molecule has 6 heteroatoms. The zero-order chi connectivity index (χ0) is 13.5. The number of ether oxygens (including phenoxy) is 2. The van der Waals surface area contributed by atoms with Gasteiger partial charge in [-0.25, -0.2) is 4.39 Å². The second-order valence-corrected chi connectivity index (χ2v) is 4.21. The zero-order valence-corrected chi connectivity index (χ0v) is 9.99. The highest BCUT2D eigenvalue weighted by Crippen LogP contribution is 2.55. The SMILES string of the molecule is COc1cc(O)c(F)c(C2(C(=O)O)CC2)c1OC. The molecule has 1 fully saturated rings. The summed E-state index contributed by atoms with van der Waals surface area (Å²) >= 11 is 0. The summed E-state index contributed by atoms with van der Waals surface area (Å²) in [6.07, 6.45) is 0.616. The number of hydrogen-bond acceptors (Lipinski definition) is 4. The van der Waals surface area contributed by atoms with E-state index in [0.29, 0.717) is 12.8 Å². The Morgan fingerprint density at radius 2 is 2.00 bits per heavy atom. The predicted molar refractivity (Wildman–Crippen MR) is 59.7 cm³/mol. The van der Waals surface area contributed by atoms with Gasteiger partial charge in [0.1, 0.15) is 0 Å². The summed E-state index contributed by atoms with van der Waals surface area (Å²) < 4.78 is 24.0. The van der Waals surface area contributed by atoms with E-state index in [1.54, 1.807) is 0 Å². The van der Waals surface area contributed by atoms with E-state index >= 15 is 0 Å². The molecule has 98 valence electrons. The van der Waals surface area contributed by atoms with Gasteiger partial charge in [0.2, 0.25) is 0 Å². The number of methoxy groups -OCH3 is 2. The molecule has 1 aliphatic rings. The van der Waals surface area contributed by atoms with Gasteiger partial charge in [-0.2, -0.15) is 0 Å². The lowest BCUT2D eigenvalue weighted by atomic mass is 9.93. The second kappa shape index (κ2) is 4.04. The van der Waals surface area contributed by atoms with Gasteiger partial charge in [-0.1, -0.05) is 0 Å². The lowest BCUT2D eigenvalue weighted by Gasteiger charge is -2.18. The fourth-order valence-corrected chi connectivity index (χ4v) is 2.08. The van der Waals surface area contributed by atoms with Crippen LogP contribution < -0.4 is 9.47 Å². The monoisotopic (exact) mass is 256 g/mol. The number of aromatic hydroxyl groups is 1. The molecule has 2 N–H and O–H groups in total. The van der Waals surface area contributed by atoms with Crippen LogP contribution in [0.25, 0.3) is 0 Å². The van der Waals surface area contributed by atoms with Crippen LogP contribution in [0, 0.1) is 5.82 Å². The van der Waals surface area contributed by atoms with Crippen LogP contribution in [0.1, 0.15) is 18.4 Å². The highest BCUT2D eigenvalue weighted by atomic mass is 19.1. The Balaban J connectivity index is 2.72. The van der Waals surface area contributed by atoms with Crippen LogP contribution in [0.4, 0.5) is 4.39 Å². The predicted octanol–water partition coefficient (Wildman–Crippen LogP) is 1.66. The minimum absolute atomic E-state index is 0.0210. The molecule has 0 spiro atoms. The Morgan fingerprint density at radius 1 is 1.39 bits per heavy atom. The molecule has 0 amide bonds. The molecule has 0 heterocycles. The van der Waals surface area contributed by atoms with Crippen molar-refractivity contribution in [1.29, 1.82) is 0 Å². The first kappa shape index (κ1) is 12.5. The van der Waals surface area contributed by atoms with Gasteiger partial charge in [0.15, 0.2) is 23.1 Å². The molecule has 0 aliphatic heterocycles. The molecule has 0 unspecified atom stereocenters. The number of phenols is 1. The number of carboxylic acids is 1. The molecule has 1 aromatic carbocycles. The normalized spacial score (nSPS) is 16.2. The summed E-state index contributed by atoms with van der Waals surface area (Å²) in [7, 11) is 2.63. The van der Waals surface area contributed by atoms with Gasteiger partial charge in [-0.05, 0) is 12.8 Å². The molecule has 1 aromatic rings. The molecule has 1 saturated carbocycles. The number of benzene rings is 1. The summed E-state index contributed by atoms with van der Waals surface area (Å²) in [6.45, 7) is 0. The lowest BCUT2D eigenvalue weighted by molar-refractivity contribution is -0.140. The van der Waals surface area contributed by atoms with Crippen molar-refractivity contribution in [2.24, 2.45) is 0 Å². The Labute approximate surface area is 103 Å². The summed E-state index contributed by atoms with van der Waals surface area (Å²) in [5, 5.41) is 18.7. The fraction of sp³-hybridized carbons (Fsp3) is 0.417. The Bertz CT molecular complexity index is 508. The van der Waals surface area contributed by atoms with E-state index in [9.17, 15) is 19.4 Å². The fourth-order valence-electron chi connectivity index (χ4n) is 2.08. The molecule has 1 aliphatic carbocycles. The number of carbonyl (C=O) groups is 1. The Morgan fingerprint density at radius 3 is 2.39 bits per heavy atom.